The zero-order valence-corrected chi connectivity index (χ0v) is 18.1. The molecule has 30 heavy (non-hydrogen) atoms. The predicted molar refractivity (Wildman–Crippen MR) is 120 cm³/mol. The van der Waals surface area contributed by atoms with Gasteiger partial charge in [-0.05, 0) is 44.0 Å². The van der Waals surface area contributed by atoms with E-state index in [0.717, 1.165) is 54.9 Å². The van der Waals surface area contributed by atoms with Crippen LogP contribution in [0.3, 0.4) is 0 Å². The van der Waals surface area contributed by atoms with Crippen LogP contribution in [0.5, 0.6) is 0 Å². The number of anilines is 1. The smallest absolute Gasteiger partial charge is 0.340 e. The summed E-state index contributed by atoms with van der Waals surface area (Å²) < 4.78 is 5.38. The van der Waals surface area contributed by atoms with Crippen molar-refractivity contribution in [3.05, 3.63) is 70.9 Å². The van der Waals surface area contributed by atoms with E-state index in [1.165, 1.54) is 16.2 Å². The molecule has 0 radical (unpaired) electrons. The predicted octanol–water partition coefficient (Wildman–Crippen LogP) is 2.93. The van der Waals surface area contributed by atoms with Crippen LogP contribution in [0.2, 0.25) is 0 Å². The molecule has 0 bridgehead atoms. The van der Waals surface area contributed by atoms with Gasteiger partial charge in [0, 0.05) is 11.1 Å². The topological polar surface area (TPSA) is 46.9 Å². The van der Waals surface area contributed by atoms with Gasteiger partial charge in [0.05, 0.1) is 43.9 Å². The standard InChI is InChI=1S/C25H29N3O2/c1-4-30-25(29)24-19(3)20-10-6-7-11-21(20)26-22(24)17-27-13-15-28(16-14-27)23-12-8-5-9-18(23)2/h5-12H,4,13-17H2,1-3H3/p+1. The normalized spacial score (nSPS) is 14.8. The first-order valence-corrected chi connectivity index (χ1v) is 10.8. The van der Waals surface area contributed by atoms with Gasteiger partial charge in [-0.2, -0.15) is 0 Å². The van der Waals surface area contributed by atoms with E-state index < -0.39 is 0 Å². The Morgan fingerprint density at radius 1 is 1.07 bits per heavy atom. The van der Waals surface area contributed by atoms with E-state index in [-0.39, 0.29) is 5.97 Å². The monoisotopic (exact) mass is 404 g/mol. The van der Waals surface area contributed by atoms with Gasteiger partial charge in [-0.25, -0.2) is 9.78 Å². The van der Waals surface area contributed by atoms with Crippen LogP contribution in [-0.4, -0.2) is 43.7 Å². The lowest BCUT2D eigenvalue weighted by molar-refractivity contribution is -0.914. The Hall–Kier alpha value is -2.92. The lowest BCUT2D eigenvalue weighted by Gasteiger charge is -2.34. The number of esters is 1. The van der Waals surface area contributed by atoms with E-state index in [4.69, 9.17) is 9.72 Å². The molecule has 4 rings (SSSR count). The van der Waals surface area contributed by atoms with Crippen molar-refractivity contribution in [2.45, 2.75) is 27.3 Å². The number of nitrogens with one attached hydrogen (secondary N) is 1. The molecule has 0 saturated carbocycles. The number of benzene rings is 2. The summed E-state index contributed by atoms with van der Waals surface area (Å²) in [5.74, 6) is -0.263. The van der Waals surface area contributed by atoms with Crippen molar-refractivity contribution in [1.82, 2.24) is 4.98 Å². The molecule has 1 fully saturated rings. The van der Waals surface area contributed by atoms with Gasteiger partial charge in [-0.3, -0.25) is 0 Å². The second kappa shape index (κ2) is 8.84. The molecule has 2 aromatic carbocycles. The molecule has 1 saturated heterocycles. The highest BCUT2D eigenvalue weighted by Crippen LogP contribution is 2.24. The van der Waals surface area contributed by atoms with Gasteiger partial charge >= 0.3 is 5.97 Å². The first kappa shape index (κ1) is 20.4. The summed E-state index contributed by atoms with van der Waals surface area (Å²) in [6.07, 6.45) is 0. The number of hydrogen-bond acceptors (Lipinski definition) is 4. The van der Waals surface area contributed by atoms with Crippen molar-refractivity contribution in [1.29, 1.82) is 0 Å². The van der Waals surface area contributed by atoms with Crippen LogP contribution in [0.4, 0.5) is 5.69 Å². The van der Waals surface area contributed by atoms with Crippen molar-refractivity contribution in [2.75, 3.05) is 37.7 Å². The minimum absolute atomic E-state index is 0.263. The number of piperazine rings is 1. The van der Waals surface area contributed by atoms with Gasteiger partial charge in [0.25, 0.3) is 0 Å². The maximum Gasteiger partial charge on any atom is 0.340 e. The summed E-state index contributed by atoms with van der Waals surface area (Å²) in [4.78, 5) is 21.6. The first-order chi connectivity index (χ1) is 14.6. The van der Waals surface area contributed by atoms with Crippen LogP contribution in [0.15, 0.2) is 48.5 Å². The number of pyridine rings is 1. The van der Waals surface area contributed by atoms with Crippen molar-refractivity contribution >= 4 is 22.6 Å². The number of ether oxygens (including phenoxy) is 1. The highest BCUT2D eigenvalue weighted by molar-refractivity contribution is 5.98. The van der Waals surface area contributed by atoms with Crippen molar-refractivity contribution in [3.8, 4) is 0 Å². The van der Waals surface area contributed by atoms with Crippen molar-refractivity contribution in [2.24, 2.45) is 0 Å². The van der Waals surface area contributed by atoms with Crippen LogP contribution >= 0.6 is 0 Å². The average molecular weight is 405 g/mol. The Kier molecular flexibility index (Phi) is 6.00. The van der Waals surface area contributed by atoms with E-state index in [0.29, 0.717) is 12.2 Å². The van der Waals surface area contributed by atoms with Crippen LogP contribution in [0.1, 0.15) is 34.1 Å². The largest absolute Gasteiger partial charge is 0.462 e. The number of aryl methyl sites for hydroxylation is 2. The molecule has 0 unspecified atom stereocenters. The summed E-state index contributed by atoms with van der Waals surface area (Å²) in [6.45, 7) is 11.2. The molecular weight excluding hydrogens is 374 g/mol. The maximum absolute atomic E-state index is 12.8. The molecule has 0 aliphatic carbocycles. The molecule has 5 heteroatoms. The van der Waals surface area contributed by atoms with Gasteiger partial charge in [0.15, 0.2) is 0 Å². The molecule has 156 valence electrons. The lowest BCUT2D eigenvalue weighted by Crippen LogP contribution is -3.13. The fourth-order valence-electron chi connectivity index (χ4n) is 4.44. The second-order valence-corrected chi connectivity index (χ2v) is 8.00. The SMILES string of the molecule is CCOC(=O)c1c(C[NH+]2CCN(c3ccccc3C)CC2)nc2ccccc2c1C. The Labute approximate surface area is 178 Å². The zero-order valence-electron chi connectivity index (χ0n) is 18.1. The number of para-hydroxylation sites is 2. The Balaban J connectivity index is 1.57. The molecule has 5 nitrogen and oxygen atoms in total. The zero-order chi connectivity index (χ0) is 21.1. The fraction of sp³-hybridized carbons (Fsp3) is 0.360. The van der Waals surface area contributed by atoms with E-state index in [9.17, 15) is 4.79 Å². The van der Waals surface area contributed by atoms with Crippen molar-refractivity contribution < 1.29 is 14.4 Å². The van der Waals surface area contributed by atoms with E-state index in [1.807, 2.05) is 38.1 Å². The Morgan fingerprint density at radius 2 is 1.77 bits per heavy atom. The number of hydrogen-bond donors (Lipinski definition) is 1. The number of quaternary nitrogens is 1. The third kappa shape index (κ3) is 4.03. The molecule has 2 heterocycles. The first-order valence-electron chi connectivity index (χ1n) is 10.8. The van der Waals surface area contributed by atoms with Gasteiger partial charge in [-0.15, -0.1) is 0 Å². The molecule has 0 amide bonds. The lowest BCUT2D eigenvalue weighted by atomic mass is 10.0. The van der Waals surface area contributed by atoms with E-state index in [1.54, 1.807) is 0 Å². The summed E-state index contributed by atoms with van der Waals surface area (Å²) >= 11 is 0. The number of carbonyl (C=O) groups is 1. The van der Waals surface area contributed by atoms with E-state index in [2.05, 4.69) is 36.1 Å². The Morgan fingerprint density at radius 3 is 2.50 bits per heavy atom. The number of rotatable bonds is 5. The molecule has 1 N–H and O–H groups in total. The second-order valence-electron chi connectivity index (χ2n) is 8.00. The van der Waals surface area contributed by atoms with Crippen LogP contribution < -0.4 is 9.80 Å². The van der Waals surface area contributed by atoms with Gasteiger partial charge in [-0.1, -0.05) is 36.4 Å². The van der Waals surface area contributed by atoms with Crippen LogP contribution in [0.25, 0.3) is 10.9 Å². The highest BCUT2D eigenvalue weighted by atomic mass is 16.5. The fourth-order valence-corrected chi connectivity index (χ4v) is 4.44. The third-order valence-electron chi connectivity index (χ3n) is 6.05. The van der Waals surface area contributed by atoms with Gasteiger partial charge in [0.1, 0.15) is 12.2 Å². The summed E-state index contributed by atoms with van der Waals surface area (Å²) in [5.41, 5.74) is 6.04. The number of carbonyl (C=O) groups excluding carboxylic acids is 1. The van der Waals surface area contributed by atoms with Crippen LogP contribution in [0, 0.1) is 13.8 Å². The molecular formula is C25H30N3O2+. The molecule has 0 spiro atoms. The minimum Gasteiger partial charge on any atom is -0.462 e. The summed E-state index contributed by atoms with van der Waals surface area (Å²) in [5, 5.41) is 1.02. The van der Waals surface area contributed by atoms with Gasteiger partial charge < -0.3 is 14.5 Å². The maximum atomic E-state index is 12.8. The average Bonchev–Trinajstić information content (AvgIpc) is 2.75. The molecule has 1 aliphatic heterocycles. The summed E-state index contributed by atoms with van der Waals surface area (Å²) in [7, 11) is 0. The molecule has 0 atom stereocenters. The molecule has 1 aliphatic rings. The van der Waals surface area contributed by atoms with E-state index >= 15 is 0 Å². The number of nitrogens with zero attached hydrogens (tertiary/aromatic N) is 2. The summed E-state index contributed by atoms with van der Waals surface area (Å²) in [6, 6.07) is 16.6. The Bertz CT molecular complexity index is 1060. The minimum atomic E-state index is -0.263. The third-order valence-corrected chi connectivity index (χ3v) is 6.05. The number of aromatic nitrogens is 1. The quantitative estimate of drug-likeness (QED) is 0.665. The highest BCUT2D eigenvalue weighted by Gasteiger charge is 2.26. The number of fused-ring (bicyclic) bond motifs is 1. The molecule has 3 aromatic rings. The van der Waals surface area contributed by atoms with Crippen molar-refractivity contribution in [3.63, 3.8) is 0 Å². The van der Waals surface area contributed by atoms with Gasteiger partial charge in [0.2, 0.25) is 0 Å². The molecule has 1 aromatic heterocycles. The van der Waals surface area contributed by atoms with Crippen LogP contribution in [-0.2, 0) is 11.3 Å².